The van der Waals surface area contributed by atoms with Crippen LogP contribution in [0.5, 0.6) is 5.75 Å². The molecule has 4 nitrogen and oxygen atoms in total. The molecule has 0 saturated carbocycles. The second kappa shape index (κ2) is 4.89. The van der Waals surface area contributed by atoms with Crippen LogP contribution in [-0.2, 0) is 6.42 Å². The fourth-order valence-electron chi connectivity index (χ4n) is 2.63. The Morgan fingerprint density at radius 3 is 2.80 bits per heavy atom. The maximum Gasteiger partial charge on any atom is 0.264 e. The lowest BCUT2D eigenvalue weighted by atomic mass is 10.1. The summed E-state index contributed by atoms with van der Waals surface area (Å²) in [6.45, 7) is 0.676. The molecule has 1 aliphatic rings. The van der Waals surface area contributed by atoms with E-state index < -0.39 is 0 Å². The molecule has 1 aliphatic heterocycles. The fraction of sp³-hybridized carbons (Fsp3) is 0.188. The Morgan fingerprint density at radius 2 is 2.00 bits per heavy atom. The average Bonchev–Trinajstić information content (AvgIpc) is 2.90. The Hall–Kier alpha value is -2.49. The highest BCUT2D eigenvalue weighted by Gasteiger charge is 2.28. The Morgan fingerprint density at radius 1 is 1.20 bits per heavy atom. The van der Waals surface area contributed by atoms with Crippen LogP contribution in [0.25, 0.3) is 0 Å². The lowest BCUT2D eigenvalue weighted by Gasteiger charge is -2.20. The first-order valence-corrected chi connectivity index (χ1v) is 6.54. The van der Waals surface area contributed by atoms with Gasteiger partial charge in [-0.3, -0.25) is 4.79 Å². The summed E-state index contributed by atoms with van der Waals surface area (Å²) in [7, 11) is 1.55. The van der Waals surface area contributed by atoms with E-state index in [2.05, 4.69) is 0 Å². The quantitative estimate of drug-likeness (QED) is 0.851. The van der Waals surface area contributed by atoms with E-state index in [1.807, 2.05) is 24.3 Å². The fourth-order valence-corrected chi connectivity index (χ4v) is 2.63. The molecule has 0 spiro atoms. The van der Waals surface area contributed by atoms with Gasteiger partial charge < -0.3 is 15.4 Å². The van der Waals surface area contributed by atoms with E-state index in [0.717, 1.165) is 12.1 Å². The Bertz CT molecular complexity index is 667. The van der Waals surface area contributed by atoms with Gasteiger partial charge in [-0.05, 0) is 30.2 Å². The zero-order chi connectivity index (χ0) is 14.1. The van der Waals surface area contributed by atoms with Crippen LogP contribution in [0.1, 0.15) is 15.9 Å². The molecule has 0 atom stereocenters. The molecule has 0 fully saturated rings. The second-order valence-corrected chi connectivity index (χ2v) is 4.76. The van der Waals surface area contributed by atoms with Crippen LogP contribution < -0.4 is 15.4 Å². The molecule has 0 radical (unpaired) electrons. The minimum absolute atomic E-state index is 0.107. The predicted molar refractivity (Wildman–Crippen MR) is 79.2 cm³/mol. The van der Waals surface area contributed by atoms with Crippen molar-refractivity contribution >= 4 is 17.3 Å². The third kappa shape index (κ3) is 1.90. The minimum Gasteiger partial charge on any atom is -0.496 e. The zero-order valence-electron chi connectivity index (χ0n) is 11.3. The topological polar surface area (TPSA) is 55.6 Å². The lowest BCUT2D eigenvalue weighted by molar-refractivity contribution is 0.0987. The first-order chi connectivity index (χ1) is 9.72. The Balaban J connectivity index is 2.03. The van der Waals surface area contributed by atoms with Gasteiger partial charge in [0, 0.05) is 17.9 Å². The number of anilines is 2. The summed E-state index contributed by atoms with van der Waals surface area (Å²) in [6.07, 6.45) is 0.872. The van der Waals surface area contributed by atoms with Crippen LogP contribution in [-0.4, -0.2) is 19.6 Å². The molecule has 20 heavy (non-hydrogen) atoms. The molecule has 3 rings (SSSR count). The number of fused-ring (bicyclic) bond motifs is 1. The van der Waals surface area contributed by atoms with Gasteiger partial charge in [0.1, 0.15) is 11.3 Å². The molecule has 0 aromatic heterocycles. The van der Waals surface area contributed by atoms with E-state index >= 15 is 0 Å². The normalized spacial score (nSPS) is 13.2. The van der Waals surface area contributed by atoms with E-state index in [1.54, 1.807) is 30.2 Å². The lowest BCUT2D eigenvalue weighted by Crippen LogP contribution is -2.30. The van der Waals surface area contributed by atoms with E-state index in [9.17, 15) is 4.79 Å². The number of nitrogens with zero attached hydrogens (tertiary/aromatic N) is 1. The van der Waals surface area contributed by atoms with Crippen LogP contribution in [0.15, 0.2) is 42.5 Å². The summed E-state index contributed by atoms with van der Waals surface area (Å²) in [5, 5.41) is 0. The van der Waals surface area contributed by atoms with Gasteiger partial charge in [-0.2, -0.15) is 0 Å². The molecule has 0 unspecified atom stereocenters. The van der Waals surface area contributed by atoms with Crippen LogP contribution >= 0.6 is 0 Å². The van der Waals surface area contributed by atoms with Crippen molar-refractivity contribution in [1.82, 2.24) is 0 Å². The van der Waals surface area contributed by atoms with Gasteiger partial charge in [0.25, 0.3) is 5.91 Å². The number of benzene rings is 2. The summed E-state index contributed by atoms with van der Waals surface area (Å²) in [6, 6.07) is 13.2. The smallest absolute Gasteiger partial charge is 0.264 e. The standard InChI is InChI=1S/C16H16N2O2/c1-20-14-8-4-6-12(17)15(14)16(19)18-10-9-11-5-2-3-7-13(11)18/h2-8H,9-10,17H2,1H3. The number of nitrogen functional groups attached to an aromatic ring is 1. The van der Waals surface area contributed by atoms with Gasteiger partial charge >= 0.3 is 0 Å². The van der Waals surface area contributed by atoms with Crippen molar-refractivity contribution in [1.29, 1.82) is 0 Å². The van der Waals surface area contributed by atoms with Crippen LogP contribution in [0, 0.1) is 0 Å². The largest absolute Gasteiger partial charge is 0.496 e. The van der Waals surface area contributed by atoms with Crippen molar-refractivity contribution in [2.75, 3.05) is 24.3 Å². The summed E-state index contributed by atoms with van der Waals surface area (Å²) in [5.74, 6) is 0.407. The number of hydrogen-bond donors (Lipinski definition) is 1. The number of hydrogen-bond acceptors (Lipinski definition) is 3. The number of amides is 1. The molecule has 1 heterocycles. The maximum atomic E-state index is 12.8. The van der Waals surface area contributed by atoms with Crippen molar-refractivity contribution in [3.63, 3.8) is 0 Å². The van der Waals surface area contributed by atoms with Gasteiger partial charge in [0.05, 0.1) is 7.11 Å². The number of rotatable bonds is 2. The second-order valence-electron chi connectivity index (χ2n) is 4.76. The van der Waals surface area contributed by atoms with Crippen molar-refractivity contribution in [2.45, 2.75) is 6.42 Å². The van der Waals surface area contributed by atoms with E-state index in [0.29, 0.717) is 23.5 Å². The predicted octanol–water partition coefficient (Wildman–Crippen LogP) is 2.48. The molecule has 0 aliphatic carbocycles. The molecule has 0 saturated heterocycles. The number of carbonyl (C=O) groups excluding carboxylic acids is 1. The van der Waals surface area contributed by atoms with Crippen LogP contribution in [0.3, 0.4) is 0 Å². The van der Waals surface area contributed by atoms with Gasteiger partial charge in [-0.1, -0.05) is 24.3 Å². The molecule has 1 amide bonds. The van der Waals surface area contributed by atoms with Gasteiger partial charge in [-0.15, -0.1) is 0 Å². The number of ether oxygens (including phenoxy) is 1. The average molecular weight is 268 g/mol. The number of para-hydroxylation sites is 1. The number of carbonyl (C=O) groups is 1. The van der Waals surface area contributed by atoms with Gasteiger partial charge in [0.2, 0.25) is 0 Å². The maximum absolute atomic E-state index is 12.8. The molecule has 102 valence electrons. The summed E-state index contributed by atoms with van der Waals surface area (Å²) in [5.41, 5.74) is 8.99. The van der Waals surface area contributed by atoms with Gasteiger partial charge in [0.15, 0.2) is 0 Å². The van der Waals surface area contributed by atoms with E-state index in [1.165, 1.54) is 5.56 Å². The first kappa shape index (κ1) is 12.5. The first-order valence-electron chi connectivity index (χ1n) is 6.54. The molecule has 2 aromatic carbocycles. The number of nitrogens with two attached hydrogens (primary N) is 1. The highest BCUT2D eigenvalue weighted by molar-refractivity contribution is 6.12. The van der Waals surface area contributed by atoms with Crippen LogP contribution in [0.4, 0.5) is 11.4 Å². The molecule has 2 aromatic rings. The minimum atomic E-state index is -0.107. The summed E-state index contributed by atoms with van der Waals surface area (Å²) in [4.78, 5) is 14.5. The highest BCUT2D eigenvalue weighted by atomic mass is 16.5. The van der Waals surface area contributed by atoms with Crippen molar-refractivity contribution in [2.24, 2.45) is 0 Å². The molecule has 0 bridgehead atoms. The van der Waals surface area contributed by atoms with Crippen molar-refractivity contribution in [3.05, 3.63) is 53.6 Å². The highest BCUT2D eigenvalue weighted by Crippen LogP contribution is 2.32. The third-order valence-electron chi connectivity index (χ3n) is 3.62. The third-order valence-corrected chi connectivity index (χ3v) is 3.62. The molecular weight excluding hydrogens is 252 g/mol. The van der Waals surface area contributed by atoms with E-state index in [-0.39, 0.29) is 5.91 Å². The molecule has 4 heteroatoms. The number of methoxy groups -OCH3 is 1. The van der Waals surface area contributed by atoms with Crippen LogP contribution in [0.2, 0.25) is 0 Å². The monoisotopic (exact) mass is 268 g/mol. The van der Waals surface area contributed by atoms with Crippen molar-refractivity contribution in [3.8, 4) is 5.75 Å². The van der Waals surface area contributed by atoms with Gasteiger partial charge in [-0.25, -0.2) is 0 Å². The zero-order valence-corrected chi connectivity index (χ0v) is 11.3. The SMILES string of the molecule is COc1cccc(N)c1C(=O)N1CCc2ccccc21. The van der Waals surface area contributed by atoms with E-state index in [4.69, 9.17) is 10.5 Å². The Labute approximate surface area is 117 Å². The summed E-state index contributed by atoms with van der Waals surface area (Å²) < 4.78 is 5.27. The van der Waals surface area contributed by atoms with Crippen molar-refractivity contribution < 1.29 is 9.53 Å². The molecule has 2 N–H and O–H groups in total. The summed E-state index contributed by atoms with van der Waals surface area (Å²) >= 11 is 0. The Kier molecular flexibility index (Phi) is 3.06. The molecular formula is C16H16N2O2.